The molecule has 4 heteroatoms. The fourth-order valence-electron chi connectivity index (χ4n) is 1.89. The van der Waals surface area contributed by atoms with Crippen LogP contribution in [0.5, 0.6) is 0 Å². The molecule has 2 aromatic rings. The average Bonchev–Trinajstić information content (AvgIpc) is 2.82. The van der Waals surface area contributed by atoms with Crippen LogP contribution in [0.1, 0.15) is 30.0 Å². The first-order valence-electron chi connectivity index (χ1n) is 6.61. The summed E-state index contributed by atoms with van der Waals surface area (Å²) >= 11 is 5.39. The van der Waals surface area contributed by atoms with E-state index in [1.54, 1.807) is 11.3 Å². The first-order chi connectivity index (χ1) is 9.15. The quantitative estimate of drug-likeness (QED) is 0.864. The second-order valence-corrected chi connectivity index (χ2v) is 6.42. The molecule has 0 radical (unpaired) electrons. The Hall–Kier alpha value is -0.710. The molecule has 0 atom stereocenters. The van der Waals surface area contributed by atoms with Crippen molar-refractivity contribution in [3.63, 3.8) is 0 Å². The Morgan fingerprint density at radius 2 is 2.11 bits per heavy atom. The fourth-order valence-corrected chi connectivity index (χ4v) is 3.38. The summed E-state index contributed by atoms with van der Waals surface area (Å²) in [5.41, 5.74) is 3.67. The average molecular weight is 339 g/mol. The molecule has 2 rings (SSSR count). The van der Waals surface area contributed by atoms with Crippen LogP contribution in [0.25, 0.3) is 10.6 Å². The van der Waals surface area contributed by atoms with Gasteiger partial charge in [0.1, 0.15) is 5.01 Å². The van der Waals surface area contributed by atoms with Gasteiger partial charge in [-0.2, -0.15) is 0 Å². The number of aromatic nitrogens is 1. The summed E-state index contributed by atoms with van der Waals surface area (Å²) in [4.78, 5) is 6.14. The number of hydrogen-bond donors (Lipinski definition) is 1. The highest BCUT2D eigenvalue weighted by atomic mass is 79.9. The lowest BCUT2D eigenvalue weighted by atomic mass is 10.1. The molecular weight excluding hydrogens is 320 g/mol. The van der Waals surface area contributed by atoms with E-state index >= 15 is 0 Å². The van der Waals surface area contributed by atoms with Gasteiger partial charge in [0, 0.05) is 21.5 Å². The molecule has 0 amide bonds. The second kappa shape index (κ2) is 6.64. The van der Waals surface area contributed by atoms with E-state index in [1.165, 1.54) is 21.7 Å². The Bertz CT molecular complexity index is 563. The van der Waals surface area contributed by atoms with Gasteiger partial charge in [-0.05, 0) is 31.5 Å². The van der Waals surface area contributed by atoms with E-state index in [0.717, 1.165) is 29.0 Å². The monoisotopic (exact) mass is 338 g/mol. The van der Waals surface area contributed by atoms with Gasteiger partial charge in [-0.15, -0.1) is 11.3 Å². The first-order valence-corrected chi connectivity index (χ1v) is 8.22. The van der Waals surface area contributed by atoms with Crippen LogP contribution in [0.3, 0.4) is 0 Å². The summed E-state index contributed by atoms with van der Waals surface area (Å²) in [6.45, 7) is 8.31. The second-order valence-electron chi connectivity index (χ2n) is 4.49. The highest BCUT2D eigenvalue weighted by molar-refractivity contribution is 9.10. The minimum atomic E-state index is 0.921. The van der Waals surface area contributed by atoms with Gasteiger partial charge >= 0.3 is 0 Å². The molecule has 1 aromatic heterocycles. The Morgan fingerprint density at radius 1 is 1.32 bits per heavy atom. The molecule has 0 aliphatic rings. The summed E-state index contributed by atoms with van der Waals surface area (Å²) in [6.07, 6.45) is 0.990. The van der Waals surface area contributed by atoms with Crippen LogP contribution in [0, 0.1) is 6.92 Å². The molecule has 1 aromatic carbocycles. The molecule has 0 spiro atoms. The maximum Gasteiger partial charge on any atom is 0.123 e. The minimum absolute atomic E-state index is 0.921. The van der Waals surface area contributed by atoms with Crippen LogP contribution in [0.15, 0.2) is 22.7 Å². The third-order valence-electron chi connectivity index (χ3n) is 3.07. The minimum Gasteiger partial charge on any atom is -0.312 e. The lowest BCUT2D eigenvalue weighted by molar-refractivity contribution is 0.727. The van der Waals surface area contributed by atoms with Crippen molar-refractivity contribution in [1.29, 1.82) is 0 Å². The number of halogens is 1. The number of nitrogens with zero attached hydrogens (tertiary/aromatic N) is 1. The topological polar surface area (TPSA) is 24.9 Å². The standard InChI is InChI=1S/C15H19BrN2S/c1-4-13-14(9-17-5-2)19-15(18-13)11-7-6-10(3)12(16)8-11/h6-8,17H,4-5,9H2,1-3H3. The highest BCUT2D eigenvalue weighted by Crippen LogP contribution is 2.31. The van der Waals surface area contributed by atoms with E-state index in [-0.39, 0.29) is 0 Å². The van der Waals surface area contributed by atoms with E-state index in [1.807, 2.05) is 0 Å². The van der Waals surface area contributed by atoms with E-state index in [9.17, 15) is 0 Å². The fraction of sp³-hybridized carbons (Fsp3) is 0.400. The Balaban J connectivity index is 2.33. The molecule has 0 aliphatic carbocycles. The van der Waals surface area contributed by atoms with Crippen molar-refractivity contribution >= 4 is 27.3 Å². The van der Waals surface area contributed by atoms with Crippen molar-refractivity contribution in [3.05, 3.63) is 38.8 Å². The Kier molecular flexibility index (Phi) is 5.13. The molecule has 1 heterocycles. The molecule has 19 heavy (non-hydrogen) atoms. The van der Waals surface area contributed by atoms with Gasteiger partial charge in [-0.3, -0.25) is 0 Å². The number of rotatable bonds is 5. The number of nitrogens with one attached hydrogen (secondary N) is 1. The smallest absolute Gasteiger partial charge is 0.123 e. The molecule has 0 unspecified atom stereocenters. The van der Waals surface area contributed by atoms with Gasteiger partial charge in [-0.25, -0.2) is 4.98 Å². The van der Waals surface area contributed by atoms with Crippen molar-refractivity contribution in [1.82, 2.24) is 10.3 Å². The molecule has 102 valence electrons. The van der Waals surface area contributed by atoms with Crippen LogP contribution in [-0.2, 0) is 13.0 Å². The van der Waals surface area contributed by atoms with E-state index < -0.39 is 0 Å². The molecule has 0 saturated heterocycles. The highest BCUT2D eigenvalue weighted by Gasteiger charge is 2.11. The van der Waals surface area contributed by atoms with Crippen molar-refractivity contribution in [2.75, 3.05) is 6.54 Å². The van der Waals surface area contributed by atoms with Crippen LogP contribution in [-0.4, -0.2) is 11.5 Å². The molecule has 0 bridgehead atoms. The predicted molar refractivity (Wildman–Crippen MR) is 86.7 cm³/mol. The molecule has 1 N–H and O–H groups in total. The first kappa shape index (κ1) is 14.7. The van der Waals surface area contributed by atoms with Crippen LogP contribution in [0.2, 0.25) is 0 Å². The van der Waals surface area contributed by atoms with Crippen LogP contribution in [0.4, 0.5) is 0 Å². The van der Waals surface area contributed by atoms with Gasteiger partial charge in [0.2, 0.25) is 0 Å². The largest absolute Gasteiger partial charge is 0.312 e. The summed E-state index contributed by atoms with van der Waals surface area (Å²) in [7, 11) is 0. The zero-order valence-corrected chi connectivity index (χ0v) is 14.0. The normalized spacial score (nSPS) is 10.9. The Morgan fingerprint density at radius 3 is 2.74 bits per heavy atom. The van der Waals surface area contributed by atoms with Gasteiger partial charge in [0.15, 0.2) is 0 Å². The number of hydrogen-bond acceptors (Lipinski definition) is 3. The van der Waals surface area contributed by atoms with Crippen LogP contribution >= 0.6 is 27.3 Å². The SMILES string of the molecule is CCNCc1sc(-c2ccc(C)c(Br)c2)nc1CC. The van der Waals surface area contributed by atoms with Crippen LogP contribution < -0.4 is 5.32 Å². The zero-order valence-electron chi connectivity index (χ0n) is 11.6. The molecule has 0 aliphatic heterocycles. The van der Waals surface area contributed by atoms with Crippen molar-refractivity contribution in [2.24, 2.45) is 0 Å². The van der Waals surface area contributed by atoms with Gasteiger partial charge in [-0.1, -0.05) is 41.9 Å². The van der Waals surface area contributed by atoms with E-state index in [2.05, 4.69) is 60.2 Å². The Labute approximate surface area is 127 Å². The zero-order chi connectivity index (χ0) is 13.8. The molecule has 0 fully saturated rings. The van der Waals surface area contributed by atoms with Gasteiger partial charge in [0.25, 0.3) is 0 Å². The lowest BCUT2D eigenvalue weighted by Gasteiger charge is -2.00. The van der Waals surface area contributed by atoms with Crippen molar-refractivity contribution in [3.8, 4) is 10.6 Å². The number of aryl methyl sites for hydroxylation is 2. The summed E-state index contributed by atoms with van der Waals surface area (Å²) in [5.74, 6) is 0. The lowest BCUT2D eigenvalue weighted by Crippen LogP contribution is -2.11. The summed E-state index contributed by atoms with van der Waals surface area (Å²) in [5, 5.41) is 4.50. The predicted octanol–water partition coefficient (Wildman–Crippen LogP) is 4.55. The van der Waals surface area contributed by atoms with Gasteiger partial charge in [0.05, 0.1) is 5.69 Å². The van der Waals surface area contributed by atoms with E-state index in [4.69, 9.17) is 4.98 Å². The molecule has 0 saturated carbocycles. The third-order valence-corrected chi connectivity index (χ3v) is 5.07. The maximum atomic E-state index is 4.78. The summed E-state index contributed by atoms with van der Waals surface area (Å²) < 4.78 is 1.14. The van der Waals surface area contributed by atoms with E-state index in [0.29, 0.717) is 0 Å². The number of thiazole rings is 1. The maximum absolute atomic E-state index is 4.78. The van der Waals surface area contributed by atoms with Crippen molar-refractivity contribution < 1.29 is 0 Å². The number of benzene rings is 1. The molecule has 2 nitrogen and oxygen atoms in total. The van der Waals surface area contributed by atoms with Crippen molar-refractivity contribution in [2.45, 2.75) is 33.7 Å². The third kappa shape index (κ3) is 3.44. The summed E-state index contributed by atoms with van der Waals surface area (Å²) in [6, 6.07) is 6.44. The van der Waals surface area contributed by atoms with Gasteiger partial charge < -0.3 is 5.32 Å². The molecular formula is C15H19BrN2S.